The average Bonchev–Trinajstić information content (AvgIpc) is 2.51. The number of aliphatic hydroxyl groups excluding tert-OH is 1. The molecular weight excluding hydrogens is 304 g/mol. The number of anilines is 1. The summed E-state index contributed by atoms with van der Waals surface area (Å²) in [7, 11) is 1.59. The van der Waals surface area contributed by atoms with Crippen LogP contribution < -0.4 is 5.32 Å². The number of urea groups is 1. The maximum atomic E-state index is 12.4. The largest absolute Gasteiger partial charge is 0.393 e. The van der Waals surface area contributed by atoms with Gasteiger partial charge in [0, 0.05) is 36.5 Å². The fraction of sp³-hybridized carbons (Fsp3) is 0.562. The Morgan fingerprint density at radius 1 is 1.50 bits per heavy atom. The first-order chi connectivity index (χ1) is 10.5. The molecule has 0 aliphatic carbocycles. The summed E-state index contributed by atoms with van der Waals surface area (Å²) < 4.78 is 5.14. The first-order valence-electron chi connectivity index (χ1n) is 7.53. The number of carbonyl (C=O) groups excluding carboxylic acids is 1. The third-order valence-corrected chi connectivity index (χ3v) is 4.51. The van der Waals surface area contributed by atoms with Gasteiger partial charge in [0.05, 0.1) is 12.7 Å². The number of hydrogen-bond donors (Lipinski definition) is 2. The molecule has 0 spiro atoms. The highest BCUT2D eigenvalue weighted by Gasteiger charge is 2.25. The van der Waals surface area contributed by atoms with Gasteiger partial charge in [0.25, 0.3) is 0 Å². The molecule has 1 aromatic carbocycles. The van der Waals surface area contributed by atoms with Crippen LogP contribution in [0.3, 0.4) is 0 Å². The molecule has 2 N–H and O–H groups in total. The van der Waals surface area contributed by atoms with Crippen LogP contribution in [0.1, 0.15) is 25.3 Å². The summed E-state index contributed by atoms with van der Waals surface area (Å²) in [4.78, 5) is 14.2. The highest BCUT2D eigenvalue weighted by Crippen LogP contribution is 2.26. The summed E-state index contributed by atoms with van der Waals surface area (Å²) in [5.41, 5.74) is 1.45. The van der Waals surface area contributed by atoms with Crippen LogP contribution in [0.2, 0.25) is 5.02 Å². The molecule has 1 aromatic rings. The Bertz CT molecular complexity index is 514. The van der Waals surface area contributed by atoms with Crippen LogP contribution >= 0.6 is 11.6 Å². The van der Waals surface area contributed by atoms with Gasteiger partial charge in [-0.05, 0) is 37.8 Å². The van der Waals surface area contributed by atoms with E-state index in [2.05, 4.69) is 5.32 Å². The molecule has 2 rings (SSSR count). The molecule has 22 heavy (non-hydrogen) atoms. The number of benzene rings is 1. The van der Waals surface area contributed by atoms with E-state index in [1.165, 1.54) is 0 Å². The molecule has 0 aromatic heterocycles. The first-order valence-corrected chi connectivity index (χ1v) is 7.91. The summed E-state index contributed by atoms with van der Waals surface area (Å²) in [5.74, 6) is 0.277. The van der Waals surface area contributed by atoms with Gasteiger partial charge in [-0.25, -0.2) is 4.79 Å². The first kappa shape index (κ1) is 17.1. The number of ether oxygens (including phenoxy) is 1. The van der Waals surface area contributed by atoms with Gasteiger partial charge in [-0.15, -0.1) is 0 Å². The molecule has 0 bridgehead atoms. The van der Waals surface area contributed by atoms with Gasteiger partial charge in [0.2, 0.25) is 0 Å². The molecule has 5 nitrogen and oxygen atoms in total. The van der Waals surface area contributed by atoms with Crippen molar-refractivity contribution in [1.82, 2.24) is 4.90 Å². The van der Waals surface area contributed by atoms with Crippen molar-refractivity contribution in [2.75, 3.05) is 25.5 Å². The van der Waals surface area contributed by atoms with Crippen molar-refractivity contribution in [3.63, 3.8) is 0 Å². The number of methoxy groups -OCH3 is 1. The van der Waals surface area contributed by atoms with Crippen LogP contribution in [0, 0.1) is 5.92 Å². The standard InChI is InChI=1S/C16H23ClN2O3/c1-11(20)12-6-8-19(9-7-12)16(21)18-15-5-3-4-14(17)13(15)10-22-2/h3-5,11-12,20H,6-10H2,1-2H3,(H,18,21). The third-order valence-electron chi connectivity index (χ3n) is 4.16. The van der Waals surface area contributed by atoms with Crippen LogP contribution in [0.15, 0.2) is 18.2 Å². The molecule has 0 radical (unpaired) electrons. The van der Waals surface area contributed by atoms with Gasteiger partial charge in [-0.1, -0.05) is 17.7 Å². The third kappa shape index (κ3) is 4.12. The number of piperidine rings is 1. The monoisotopic (exact) mass is 326 g/mol. The Hall–Kier alpha value is -1.30. The molecule has 1 fully saturated rings. The Morgan fingerprint density at radius 3 is 2.77 bits per heavy atom. The normalized spacial score (nSPS) is 17.4. The lowest BCUT2D eigenvalue weighted by Gasteiger charge is -2.33. The zero-order valence-corrected chi connectivity index (χ0v) is 13.8. The number of carbonyl (C=O) groups is 1. The quantitative estimate of drug-likeness (QED) is 0.893. The minimum absolute atomic E-state index is 0.135. The number of halogens is 1. The van der Waals surface area contributed by atoms with E-state index in [-0.39, 0.29) is 18.1 Å². The van der Waals surface area contributed by atoms with Gasteiger partial charge >= 0.3 is 6.03 Å². The number of nitrogens with zero attached hydrogens (tertiary/aromatic N) is 1. The van der Waals surface area contributed by atoms with Crippen molar-refractivity contribution in [2.24, 2.45) is 5.92 Å². The molecule has 0 saturated carbocycles. The van der Waals surface area contributed by atoms with Crippen LogP contribution in [0.5, 0.6) is 0 Å². The summed E-state index contributed by atoms with van der Waals surface area (Å²) in [6.45, 7) is 3.46. The maximum absolute atomic E-state index is 12.4. The average molecular weight is 327 g/mol. The lowest BCUT2D eigenvalue weighted by molar-refractivity contribution is 0.0820. The lowest BCUT2D eigenvalue weighted by atomic mass is 9.92. The number of nitrogens with one attached hydrogen (secondary N) is 1. The fourth-order valence-corrected chi connectivity index (χ4v) is 2.98. The van der Waals surface area contributed by atoms with E-state index < -0.39 is 0 Å². The molecule has 1 atom stereocenters. The zero-order valence-electron chi connectivity index (χ0n) is 13.0. The zero-order chi connectivity index (χ0) is 16.1. The van der Waals surface area contributed by atoms with Gasteiger partial charge in [0.1, 0.15) is 0 Å². The molecule has 1 aliphatic rings. The van der Waals surface area contributed by atoms with Crippen LogP contribution in [0.4, 0.5) is 10.5 Å². The van der Waals surface area contributed by atoms with E-state index in [0.717, 1.165) is 18.4 Å². The van der Waals surface area contributed by atoms with Crippen LogP contribution in [-0.4, -0.2) is 42.3 Å². The smallest absolute Gasteiger partial charge is 0.321 e. The molecule has 1 heterocycles. The topological polar surface area (TPSA) is 61.8 Å². The second-order valence-corrected chi connectivity index (χ2v) is 6.10. The summed E-state index contributed by atoms with van der Waals surface area (Å²) in [6.07, 6.45) is 1.34. The van der Waals surface area contributed by atoms with E-state index in [1.807, 2.05) is 13.0 Å². The van der Waals surface area contributed by atoms with Gasteiger partial charge in [-0.3, -0.25) is 0 Å². The fourth-order valence-electron chi connectivity index (χ4n) is 2.75. The van der Waals surface area contributed by atoms with E-state index in [4.69, 9.17) is 16.3 Å². The van der Waals surface area contributed by atoms with Crippen molar-refractivity contribution in [1.29, 1.82) is 0 Å². The predicted molar refractivity (Wildman–Crippen MR) is 87.2 cm³/mol. The summed E-state index contributed by atoms with van der Waals surface area (Å²) in [5, 5.41) is 13.1. The summed E-state index contributed by atoms with van der Waals surface area (Å²) in [6, 6.07) is 5.26. The van der Waals surface area contributed by atoms with Crippen molar-refractivity contribution in [3.8, 4) is 0 Å². The Labute approximate surface area is 136 Å². The van der Waals surface area contributed by atoms with Crippen molar-refractivity contribution in [3.05, 3.63) is 28.8 Å². The molecule has 1 saturated heterocycles. The molecule has 122 valence electrons. The van der Waals surface area contributed by atoms with E-state index in [0.29, 0.717) is 30.4 Å². The molecule has 1 aliphatic heterocycles. The number of aliphatic hydroxyl groups is 1. The predicted octanol–water partition coefficient (Wildman–Crippen LogP) is 3.11. The second-order valence-electron chi connectivity index (χ2n) is 5.69. The van der Waals surface area contributed by atoms with Crippen molar-refractivity contribution in [2.45, 2.75) is 32.5 Å². The van der Waals surface area contributed by atoms with Gasteiger partial charge in [0.15, 0.2) is 0 Å². The lowest BCUT2D eigenvalue weighted by Crippen LogP contribution is -2.43. The summed E-state index contributed by atoms with van der Waals surface area (Å²) >= 11 is 6.16. The number of hydrogen-bond acceptors (Lipinski definition) is 3. The molecule has 2 amide bonds. The van der Waals surface area contributed by atoms with Crippen molar-refractivity contribution >= 4 is 23.3 Å². The van der Waals surface area contributed by atoms with Gasteiger partial charge in [-0.2, -0.15) is 0 Å². The highest BCUT2D eigenvalue weighted by atomic mass is 35.5. The van der Waals surface area contributed by atoms with Crippen molar-refractivity contribution < 1.29 is 14.6 Å². The van der Waals surface area contributed by atoms with E-state index in [9.17, 15) is 9.90 Å². The second kappa shape index (κ2) is 7.81. The highest BCUT2D eigenvalue weighted by molar-refractivity contribution is 6.31. The van der Waals surface area contributed by atoms with Gasteiger partial charge < -0.3 is 20.1 Å². The number of rotatable bonds is 4. The minimum Gasteiger partial charge on any atom is -0.393 e. The SMILES string of the molecule is COCc1c(Cl)cccc1NC(=O)N1CCC(C(C)O)CC1. The molecule has 1 unspecified atom stereocenters. The van der Waals surface area contributed by atoms with E-state index >= 15 is 0 Å². The Kier molecular flexibility index (Phi) is 6.06. The van der Waals surface area contributed by atoms with Crippen LogP contribution in [0.25, 0.3) is 0 Å². The minimum atomic E-state index is -0.313. The Balaban J connectivity index is 2.00. The molecule has 6 heteroatoms. The Morgan fingerprint density at radius 2 is 2.18 bits per heavy atom. The molecular formula is C16H23ClN2O3. The maximum Gasteiger partial charge on any atom is 0.321 e. The van der Waals surface area contributed by atoms with Crippen LogP contribution in [-0.2, 0) is 11.3 Å². The van der Waals surface area contributed by atoms with E-state index in [1.54, 1.807) is 24.1 Å². The number of amides is 2. The number of likely N-dealkylation sites (tertiary alicyclic amines) is 1.